The van der Waals surface area contributed by atoms with Crippen LogP contribution in [0.15, 0.2) is 41.4 Å². The number of hydrogen-bond acceptors (Lipinski definition) is 2. The van der Waals surface area contributed by atoms with Crippen molar-refractivity contribution in [1.82, 2.24) is 0 Å². The molecule has 0 heterocycles. The van der Waals surface area contributed by atoms with Gasteiger partial charge in [0.1, 0.15) is 5.75 Å². The van der Waals surface area contributed by atoms with Gasteiger partial charge in [-0.3, -0.25) is 4.99 Å². The van der Waals surface area contributed by atoms with Crippen LogP contribution in [0.25, 0.3) is 0 Å². The molecule has 0 bridgehead atoms. The van der Waals surface area contributed by atoms with Gasteiger partial charge in [0.25, 0.3) is 0 Å². The lowest BCUT2D eigenvalue weighted by atomic mass is 10.1. The number of benzene rings is 1. The molecule has 1 unspecified atom stereocenters. The number of nitrogens with zero attached hydrogens (tertiary/aromatic N) is 1. The second kappa shape index (κ2) is 5.99. The summed E-state index contributed by atoms with van der Waals surface area (Å²) in [5.74, 6) is 0.310. The summed E-state index contributed by atoms with van der Waals surface area (Å²) in [6.45, 7) is 0. The van der Waals surface area contributed by atoms with Crippen molar-refractivity contribution in [3.8, 4) is 5.75 Å². The van der Waals surface area contributed by atoms with E-state index in [1.165, 1.54) is 0 Å². The van der Waals surface area contributed by atoms with E-state index in [4.69, 9.17) is 0 Å². The Balaban J connectivity index is 2.21. The number of aliphatic imine (C=N–C) groups is 1. The van der Waals surface area contributed by atoms with Crippen LogP contribution in [0.5, 0.6) is 5.75 Å². The van der Waals surface area contributed by atoms with Crippen LogP contribution in [-0.4, -0.2) is 17.4 Å². The van der Waals surface area contributed by atoms with Crippen LogP contribution < -0.4 is 0 Å². The van der Waals surface area contributed by atoms with Gasteiger partial charge >= 0.3 is 0 Å². The van der Waals surface area contributed by atoms with Gasteiger partial charge in [-0.2, -0.15) is 0 Å². The molecule has 1 aromatic rings. The topological polar surface area (TPSA) is 32.6 Å². The van der Waals surface area contributed by atoms with Crippen LogP contribution in [0.4, 0.5) is 0 Å². The van der Waals surface area contributed by atoms with Crippen LogP contribution in [-0.2, 0) is 0 Å². The first-order valence-corrected chi connectivity index (χ1v) is 7.37. The average Bonchev–Trinajstić information content (AvgIpc) is 2.33. The molecule has 0 radical (unpaired) electrons. The summed E-state index contributed by atoms with van der Waals surface area (Å²) >= 11 is 4.37. The summed E-state index contributed by atoms with van der Waals surface area (Å²) in [5.41, 5.74) is 0.782. The molecule has 1 aromatic carbocycles. The largest absolute Gasteiger partial charge is 0.506 e. The van der Waals surface area contributed by atoms with E-state index in [0.717, 1.165) is 19.1 Å². The molecule has 2 nitrogen and oxygen atoms in total. The maximum absolute atomic E-state index is 9.92. The van der Waals surface area contributed by atoms with E-state index in [1.54, 1.807) is 6.21 Å². The molecule has 0 saturated carbocycles. The fourth-order valence-corrected chi connectivity index (χ4v) is 3.43. The van der Waals surface area contributed by atoms with E-state index in [0.29, 0.717) is 5.75 Å². The second-order valence-electron chi connectivity index (χ2n) is 3.72. The van der Waals surface area contributed by atoms with Gasteiger partial charge in [-0.05, 0) is 63.7 Å². The maximum atomic E-state index is 9.92. The highest BCUT2D eigenvalue weighted by atomic mass is 127. The standard InChI is InChI=1S/C13H11I2NO/c14-10-6-9(13(17)12(15)7-10)8-16-11-4-2-1-3-5-11/h1-4,6-8,11,17H,5H2. The Morgan fingerprint density at radius 3 is 2.82 bits per heavy atom. The molecule has 1 aliphatic carbocycles. The Morgan fingerprint density at radius 2 is 2.12 bits per heavy atom. The molecular weight excluding hydrogens is 440 g/mol. The van der Waals surface area contributed by atoms with E-state index in [1.807, 2.05) is 24.3 Å². The fourth-order valence-electron chi connectivity index (χ4n) is 1.54. The third-order valence-corrected chi connectivity index (χ3v) is 3.87. The molecule has 0 aliphatic heterocycles. The minimum Gasteiger partial charge on any atom is -0.506 e. The molecule has 0 saturated heterocycles. The summed E-state index contributed by atoms with van der Waals surface area (Å²) in [4.78, 5) is 4.47. The minimum absolute atomic E-state index is 0.190. The lowest BCUT2D eigenvalue weighted by Gasteiger charge is -2.08. The predicted octanol–water partition coefficient (Wildman–Crippen LogP) is 3.91. The van der Waals surface area contributed by atoms with Crippen LogP contribution in [0.1, 0.15) is 12.0 Å². The smallest absolute Gasteiger partial charge is 0.137 e. The molecule has 4 heteroatoms. The summed E-state index contributed by atoms with van der Waals surface area (Å²) in [6.07, 6.45) is 10.9. The summed E-state index contributed by atoms with van der Waals surface area (Å²) in [7, 11) is 0. The van der Waals surface area contributed by atoms with Gasteiger partial charge < -0.3 is 5.11 Å². The molecule has 1 aliphatic rings. The SMILES string of the molecule is Oc1c(I)cc(I)cc1C=NC1C=CC=CC1. The van der Waals surface area contributed by atoms with Crippen molar-refractivity contribution < 1.29 is 5.11 Å². The average molecular weight is 451 g/mol. The van der Waals surface area contributed by atoms with Crippen LogP contribution in [0.2, 0.25) is 0 Å². The highest BCUT2D eigenvalue weighted by Gasteiger charge is 2.06. The Morgan fingerprint density at radius 1 is 1.29 bits per heavy atom. The third kappa shape index (κ3) is 3.54. The normalized spacial score (nSPS) is 19.1. The van der Waals surface area contributed by atoms with E-state index in [2.05, 4.69) is 62.3 Å². The highest BCUT2D eigenvalue weighted by molar-refractivity contribution is 14.1. The van der Waals surface area contributed by atoms with Crippen LogP contribution in [0, 0.1) is 7.14 Å². The Labute approximate surface area is 128 Å². The number of phenols is 1. The van der Waals surface area contributed by atoms with E-state index < -0.39 is 0 Å². The first-order chi connectivity index (χ1) is 8.16. The van der Waals surface area contributed by atoms with Crippen LogP contribution in [0.3, 0.4) is 0 Å². The second-order valence-corrected chi connectivity index (χ2v) is 6.13. The molecule has 0 amide bonds. The number of allylic oxidation sites excluding steroid dienone is 2. The monoisotopic (exact) mass is 451 g/mol. The van der Waals surface area contributed by atoms with Crippen molar-refractivity contribution >= 4 is 51.4 Å². The zero-order valence-corrected chi connectivity index (χ0v) is 13.3. The number of phenolic OH excluding ortho intramolecular Hbond substituents is 1. The minimum atomic E-state index is 0.190. The highest BCUT2D eigenvalue weighted by Crippen LogP contribution is 2.25. The van der Waals surface area contributed by atoms with Crippen LogP contribution >= 0.6 is 45.2 Å². The van der Waals surface area contributed by atoms with Gasteiger partial charge in [-0.1, -0.05) is 24.3 Å². The van der Waals surface area contributed by atoms with Gasteiger partial charge in [0.15, 0.2) is 0 Å². The number of aromatic hydroxyl groups is 1. The summed E-state index contributed by atoms with van der Waals surface area (Å²) in [5, 5.41) is 9.92. The zero-order valence-electron chi connectivity index (χ0n) is 8.98. The number of rotatable bonds is 2. The Kier molecular flexibility index (Phi) is 4.61. The van der Waals surface area contributed by atoms with Gasteiger partial charge in [0, 0.05) is 15.3 Å². The number of hydrogen-bond donors (Lipinski definition) is 1. The van der Waals surface area contributed by atoms with E-state index in [9.17, 15) is 5.11 Å². The van der Waals surface area contributed by atoms with Gasteiger partial charge in [-0.15, -0.1) is 0 Å². The van der Waals surface area contributed by atoms with E-state index in [-0.39, 0.29) is 6.04 Å². The van der Waals surface area contributed by atoms with Gasteiger partial charge in [-0.25, -0.2) is 0 Å². The molecule has 1 atom stereocenters. The molecule has 0 spiro atoms. The van der Waals surface area contributed by atoms with Crippen molar-refractivity contribution in [1.29, 1.82) is 0 Å². The lowest BCUT2D eigenvalue weighted by Crippen LogP contribution is -2.01. The zero-order chi connectivity index (χ0) is 12.3. The van der Waals surface area contributed by atoms with Gasteiger partial charge in [0.2, 0.25) is 0 Å². The van der Waals surface area contributed by atoms with Crippen molar-refractivity contribution in [3.63, 3.8) is 0 Å². The van der Waals surface area contributed by atoms with Gasteiger partial charge in [0.05, 0.1) is 9.61 Å². The molecule has 17 heavy (non-hydrogen) atoms. The first kappa shape index (κ1) is 13.1. The molecule has 1 N–H and O–H groups in total. The van der Waals surface area contributed by atoms with Crippen molar-refractivity contribution in [2.75, 3.05) is 0 Å². The van der Waals surface area contributed by atoms with E-state index >= 15 is 0 Å². The Hall–Kier alpha value is -0.370. The maximum Gasteiger partial charge on any atom is 0.137 e. The molecule has 0 aromatic heterocycles. The Bertz CT molecular complexity index is 506. The lowest BCUT2D eigenvalue weighted by molar-refractivity contribution is 0.470. The van der Waals surface area contributed by atoms with Crippen molar-refractivity contribution in [3.05, 3.63) is 49.1 Å². The molecular formula is C13H11I2NO. The molecule has 0 fully saturated rings. The van der Waals surface area contributed by atoms with Crippen molar-refractivity contribution in [2.24, 2.45) is 4.99 Å². The first-order valence-electron chi connectivity index (χ1n) is 5.21. The molecule has 2 rings (SSSR count). The quantitative estimate of drug-likeness (QED) is 0.537. The third-order valence-electron chi connectivity index (χ3n) is 2.42. The summed E-state index contributed by atoms with van der Waals surface area (Å²) < 4.78 is 1.96. The van der Waals surface area contributed by atoms with Crippen molar-refractivity contribution in [2.45, 2.75) is 12.5 Å². The predicted molar refractivity (Wildman–Crippen MR) is 87.8 cm³/mol. The molecule has 88 valence electrons. The summed E-state index contributed by atoms with van der Waals surface area (Å²) in [6, 6.07) is 4.07. The number of halogens is 2. The fraction of sp³-hybridized carbons (Fsp3) is 0.154.